The number of imide groups is 1. The van der Waals surface area contributed by atoms with Crippen LogP contribution >= 0.6 is 11.3 Å². The van der Waals surface area contributed by atoms with E-state index in [1.807, 2.05) is 0 Å². The van der Waals surface area contributed by atoms with Crippen LogP contribution in [0.15, 0.2) is 5.38 Å². The summed E-state index contributed by atoms with van der Waals surface area (Å²) in [4.78, 5) is 53.1. The number of rotatable bonds is 6. The van der Waals surface area contributed by atoms with Crippen LogP contribution in [0.5, 0.6) is 0 Å². The third-order valence-electron chi connectivity index (χ3n) is 4.73. The normalized spacial score (nSPS) is 17.4. The van der Waals surface area contributed by atoms with Gasteiger partial charge in [0.15, 0.2) is 11.7 Å². The lowest BCUT2D eigenvalue weighted by atomic mass is 9.96. The Labute approximate surface area is 166 Å². The van der Waals surface area contributed by atoms with E-state index in [0.717, 1.165) is 32.1 Å². The van der Waals surface area contributed by atoms with E-state index < -0.39 is 24.5 Å². The SMILES string of the molecule is O=C(COC(=O)Cc1csc(N2CCCC2=O)n1)NC(=O)NC1CCCCC1. The molecule has 0 bridgehead atoms. The summed E-state index contributed by atoms with van der Waals surface area (Å²) in [6, 6.07) is -0.474. The van der Waals surface area contributed by atoms with Gasteiger partial charge in [-0.2, -0.15) is 0 Å². The number of nitrogens with one attached hydrogen (secondary N) is 2. The van der Waals surface area contributed by atoms with Gasteiger partial charge in [0.2, 0.25) is 5.91 Å². The zero-order valence-electron chi connectivity index (χ0n) is 15.6. The highest BCUT2D eigenvalue weighted by molar-refractivity contribution is 7.14. The molecule has 0 aromatic carbocycles. The molecule has 0 spiro atoms. The van der Waals surface area contributed by atoms with Crippen molar-refractivity contribution in [1.82, 2.24) is 15.6 Å². The van der Waals surface area contributed by atoms with Crippen molar-refractivity contribution in [2.75, 3.05) is 18.1 Å². The zero-order chi connectivity index (χ0) is 19.9. The quantitative estimate of drug-likeness (QED) is 0.689. The van der Waals surface area contributed by atoms with Gasteiger partial charge in [-0.3, -0.25) is 24.6 Å². The number of ether oxygens (including phenoxy) is 1. The number of hydrogen-bond acceptors (Lipinski definition) is 7. The van der Waals surface area contributed by atoms with Crippen LogP contribution in [0, 0.1) is 0 Å². The molecule has 2 heterocycles. The van der Waals surface area contributed by atoms with Crippen LogP contribution in [0.4, 0.5) is 9.93 Å². The van der Waals surface area contributed by atoms with E-state index in [-0.39, 0.29) is 18.4 Å². The molecule has 1 aliphatic heterocycles. The Hall–Kier alpha value is -2.49. The van der Waals surface area contributed by atoms with Gasteiger partial charge in [-0.1, -0.05) is 19.3 Å². The average Bonchev–Trinajstić information content (AvgIpc) is 3.29. The van der Waals surface area contributed by atoms with Crippen LogP contribution in [0.2, 0.25) is 0 Å². The molecule has 1 saturated carbocycles. The van der Waals surface area contributed by atoms with Crippen molar-refractivity contribution in [3.05, 3.63) is 11.1 Å². The first-order valence-electron chi connectivity index (χ1n) is 9.52. The fourth-order valence-electron chi connectivity index (χ4n) is 3.33. The summed E-state index contributed by atoms with van der Waals surface area (Å²) in [5, 5.41) is 7.19. The number of anilines is 1. The Morgan fingerprint density at radius 1 is 1.21 bits per heavy atom. The summed E-state index contributed by atoms with van der Waals surface area (Å²) in [7, 11) is 0. The van der Waals surface area contributed by atoms with E-state index in [1.165, 1.54) is 17.8 Å². The molecular weight excluding hydrogens is 384 g/mol. The monoisotopic (exact) mass is 408 g/mol. The van der Waals surface area contributed by atoms with E-state index in [2.05, 4.69) is 15.6 Å². The first kappa shape index (κ1) is 20.2. The molecule has 0 radical (unpaired) electrons. The molecule has 28 heavy (non-hydrogen) atoms. The molecule has 0 atom stereocenters. The Morgan fingerprint density at radius 2 is 2.00 bits per heavy atom. The Bertz CT molecular complexity index is 744. The minimum Gasteiger partial charge on any atom is -0.455 e. The number of carbonyl (C=O) groups excluding carboxylic acids is 4. The van der Waals surface area contributed by atoms with Crippen molar-refractivity contribution in [1.29, 1.82) is 0 Å². The van der Waals surface area contributed by atoms with Gasteiger partial charge in [0.1, 0.15) is 0 Å². The van der Waals surface area contributed by atoms with Crippen LogP contribution in [0.1, 0.15) is 50.6 Å². The summed E-state index contributed by atoms with van der Waals surface area (Å²) in [6.07, 6.45) is 6.36. The van der Waals surface area contributed by atoms with E-state index in [0.29, 0.717) is 23.8 Å². The average molecular weight is 408 g/mol. The van der Waals surface area contributed by atoms with Crippen LogP contribution in [0.3, 0.4) is 0 Å². The smallest absolute Gasteiger partial charge is 0.321 e. The molecule has 4 amide bonds. The van der Waals surface area contributed by atoms with Gasteiger partial charge in [0.05, 0.1) is 12.1 Å². The predicted molar refractivity (Wildman–Crippen MR) is 102 cm³/mol. The molecule has 2 fully saturated rings. The van der Waals surface area contributed by atoms with Gasteiger partial charge in [0.25, 0.3) is 5.91 Å². The zero-order valence-corrected chi connectivity index (χ0v) is 16.4. The van der Waals surface area contributed by atoms with E-state index >= 15 is 0 Å². The second kappa shape index (κ2) is 9.63. The second-order valence-corrected chi connectivity index (χ2v) is 7.80. The third-order valence-corrected chi connectivity index (χ3v) is 5.64. The number of nitrogens with zero attached hydrogens (tertiary/aromatic N) is 2. The molecule has 1 aromatic rings. The van der Waals surface area contributed by atoms with Gasteiger partial charge in [0, 0.05) is 24.4 Å². The maximum Gasteiger partial charge on any atom is 0.321 e. The number of urea groups is 1. The molecule has 2 N–H and O–H groups in total. The number of hydrogen-bond donors (Lipinski definition) is 2. The van der Waals surface area contributed by atoms with Gasteiger partial charge < -0.3 is 10.1 Å². The highest BCUT2D eigenvalue weighted by Crippen LogP contribution is 2.25. The molecule has 10 heteroatoms. The summed E-state index contributed by atoms with van der Waals surface area (Å²) in [6.45, 7) is 0.109. The van der Waals surface area contributed by atoms with Crippen LogP contribution in [-0.2, 0) is 25.5 Å². The fourth-order valence-corrected chi connectivity index (χ4v) is 4.20. The summed E-state index contributed by atoms with van der Waals surface area (Å²) >= 11 is 1.30. The molecule has 1 saturated heterocycles. The number of esters is 1. The molecule has 1 aliphatic carbocycles. The van der Waals surface area contributed by atoms with Gasteiger partial charge in [-0.25, -0.2) is 9.78 Å². The minimum atomic E-state index is -0.678. The number of thiazole rings is 1. The molecule has 9 nitrogen and oxygen atoms in total. The lowest BCUT2D eigenvalue weighted by Crippen LogP contribution is -2.46. The van der Waals surface area contributed by atoms with Crippen LogP contribution < -0.4 is 15.5 Å². The van der Waals surface area contributed by atoms with E-state index in [4.69, 9.17) is 4.74 Å². The van der Waals surface area contributed by atoms with Crippen molar-refractivity contribution in [3.63, 3.8) is 0 Å². The third kappa shape index (κ3) is 5.75. The van der Waals surface area contributed by atoms with Crippen molar-refractivity contribution in [2.24, 2.45) is 0 Å². The molecular formula is C18H24N4O5S. The number of aromatic nitrogens is 1. The lowest BCUT2D eigenvalue weighted by molar-refractivity contribution is -0.147. The number of amides is 4. The lowest BCUT2D eigenvalue weighted by Gasteiger charge is -2.22. The molecule has 3 rings (SSSR count). The summed E-state index contributed by atoms with van der Waals surface area (Å²) in [5.74, 6) is -1.26. The maximum atomic E-state index is 11.9. The maximum absolute atomic E-state index is 11.9. The fraction of sp³-hybridized carbons (Fsp3) is 0.611. The van der Waals surface area contributed by atoms with Crippen LogP contribution in [0.25, 0.3) is 0 Å². The molecule has 0 unspecified atom stereocenters. The molecule has 152 valence electrons. The van der Waals surface area contributed by atoms with E-state index in [1.54, 1.807) is 10.3 Å². The topological polar surface area (TPSA) is 118 Å². The highest BCUT2D eigenvalue weighted by atomic mass is 32.1. The highest BCUT2D eigenvalue weighted by Gasteiger charge is 2.24. The summed E-state index contributed by atoms with van der Waals surface area (Å²) < 4.78 is 4.91. The second-order valence-electron chi connectivity index (χ2n) is 6.96. The van der Waals surface area contributed by atoms with Crippen LogP contribution in [-0.4, -0.2) is 48.0 Å². The van der Waals surface area contributed by atoms with Gasteiger partial charge in [-0.05, 0) is 19.3 Å². The molecule has 1 aromatic heterocycles. The largest absolute Gasteiger partial charge is 0.455 e. The van der Waals surface area contributed by atoms with Crippen molar-refractivity contribution >= 4 is 40.3 Å². The van der Waals surface area contributed by atoms with E-state index in [9.17, 15) is 19.2 Å². The van der Waals surface area contributed by atoms with Gasteiger partial charge in [-0.15, -0.1) is 11.3 Å². The predicted octanol–water partition coefficient (Wildman–Crippen LogP) is 1.51. The first-order chi connectivity index (χ1) is 13.5. The first-order valence-corrected chi connectivity index (χ1v) is 10.4. The van der Waals surface area contributed by atoms with Crippen molar-refractivity contribution < 1.29 is 23.9 Å². The van der Waals surface area contributed by atoms with Gasteiger partial charge >= 0.3 is 12.0 Å². The standard InChI is InChI=1S/C18H24N4O5S/c23-14(21-17(26)19-12-5-2-1-3-6-12)10-27-16(25)9-13-11-28-18(20-13)22-8-4-7-15(22)24/h11-12H,1-10H2,(H2,19,21,23,26). The number of carbonyl (C=O) groups is 4. The summed E-state index contributed by atoms with van der Waals surface area (Å²) in [5.41, 5.74) is 0.486. The minimum absolute atomic E-state index is 0.0339. The Kier molecular flexibility index (Phi) is 6.96. The molecule has 2 aliphatic rings. The Morgan fingerprint density at radius 3 is 2.71 bits per heavy atom. The van der Waals surface area contributed by atoms with Crippen molar-refractivity contribution in [2.45, 2.75) is 57.4 Å². The van der Waals surface area contributed by atoms with Crippen molar-refractivity contribution in [3.8, 4) is 0 Å². The Balaban J connectivity index is 1.36.